The van der Waals surface area contributed by atoms with Gasteiger partial charge in [-0.1, -0.05) is 35.0 Å². The van der Waals surface area contributed by atoms with E-state index in [4.69, 9.17) is 4.52 Å². The van der Waals surface area contributed by atoms with Crippen LogP contribution in [0.15, 0.2) is 57.9 Å². The van der Waals surface area contributed by atoms with Crippen molar-refractivity contribution in [2.45, 2.75) is 18.4 Å². The van der Waals surface area contributed by atoms with E-state index >= 15 is 0 Å². The minimum absolute atomic E-state index is 0.0453. The van der Waals surface area contributed by atoms with E-state index in [1.165, 1.54) is 24.3 Å². The molecule has 0 saturated heterocycles. The zero-order valence-corrected chi connectivity index (χ0v) is 13.5. The highest BCUT2D eigenvalue weighted by Crippen LogP contribution is 2.19. The summed E-state index contributed by atoms with van der Waals surface area (Å²) in [6.07, 6.45) is 0. The Kier molecular flexibility index (Phi) is 4.41. The largest absolute Gasteiger partial charge is 0.338 e. The molecule has 0 unspecified atom stereocenters. The maximum Gasteiger partial charge on any atom is 0.242 e. The number of benzene rings is 2. The molecular weight excluding hydrogens is 333 g/mol. The standard InChI is InChI=1S/C16H14FN3O3S/c1-11-6-8-12(9-7-11)24(21,22)18-10-15-19-16(20-23-15)13-4-2-3-5-14(13)17/h2-9,18H,10H2,1H3. The number of aromatic nitrogens is 2. The molecule has 124 valence electrons. The molecule has 0 aliphatic carbocycles. The number of aryl methyl sites for hydroxylation is 1. The summed E-state index contributed by atoms with van der Waals surface area (Å²) in [6.45, 7) is 1.68. The van der Waals surface area contributed by atoms with E-state index in [1.54, 1.807) is 24.3 Å². The van der Waals surface area contributed by atoms with Crippen molar-refractivity contribution in [3.8, 4) is 11.4 Å². The first kappa shape index (κ1) is 16.3. The van der Waals surface area contributed by atoms with Gasteiger partial charge in [0.05, 0.1) is 17.0 Å². The molecule has 1 N–H and O–H groups in total. The zero-order chi connectivity index (χ0) is 17.2. The molecule has 2 aromatic carbocycles. The molecule has 3 aromatic rings. The lowest BCUT2D eigenvalue weighted by Crippen LogP contribution is -2.23. The third kappa shape index (κ3) is 3.50. The molecule has 1 heterocycles. The maximum atomic E-state index is 13.7. The molecule has 1 aromatic heterocycles. The Labute approximate surface area is 138 Å². The number of halogens is 1. The van der Waals surface area contributed by atoms with Crippen molar-refractivity contribution in [3.63, 3.8) is 0 Å². The summed E-state index contributed by atoms with van der Waals surface area (Å²) in [7, 11) is -3.69. The lowest BCUT2D eigenvalue weighted by atomic mass is 10.2. The Balaban J connectivity index is 1.74. The number of nitrogens with zero attached hydrogens (tertiary/aromatic N) is 2. The van der Waals surface area contributed by atoms with Crippen molar-refractivity contribution in [1.29, 1.82) is 0 Å². The molecule has 24 heavy (non-hydrogen) atoms. The summed E-state index contributed by atoms with van der Waals surface area (Å²) in [5.74, 6) is -0.369. The Bertz CT molecular complexity index is 953. The summed E-state index contributed by atoms with van der Waals surface area (Å²) < 4.78 is 45.4. The summed E-state index contributed by atoms with van der Waals surface area (Å²) >= 11 is 0. The molecule has 0 amide bonds. The molecular formula is C16H14FN3O3S. The van der Waals surface area contributed by atoms with Gasteiger partial charge in [-0.2, -0.15) is 4.98 Å². The average molecular weight is 347 g/mol. The van der Waals surface area contributed by atoms with Crippen LogP contribution in [0.3, 0.4) is 0 Å². The fourth-order valence-electron chi connectivity index (χ4n) is 2.04. The van der Waals surface area contributed by atoms with Gasteiger partial charge in [-0.05, 0) is 31.2 Å². The van der Waals surface area contributed by atoms with Crippen LogP contribution >= 0.6 is 0 Å². The molecule has 0 aliphatic rings. The molecule has 0 spiro atoms. The number of sulfonamides is 1. The van der Waals surface area contributed by atoms with Gasteiger partial charge in [-0.25, -0.2) is 17.5 Å². The molecule has 3 rings (SSSR count). The Morgan fingerprint density at radius 1 is 1.12 bits per heavy atom. The Hall–Kier alpha value is -2.58. The van der Waals surface area contributed by atoms with Crippen LogP contribution in [0.5, 0.6) is 0 Å². The van der Waals surface area contributed by atoms with Crippen LogP contribution in [0.4, 0.5) is 4.39 Å². The molecule has 0 radical (unpaired) electrons. The molecule has 8 heteroatoms. The molecule has 0 aliphatic heterocycles. The van der Waals surface area contributed by atoms with Gasteiger partial charge >= 0.3 is 0 Å². The van der Waals surface area contributed by atoms with Crippen molar-refractivity contribution >= 4 is 10.0 Å². The van der Waals surface area contributed by atoms with E-state index in [1.807, 2.05) is 6.92 Å². The van der Waals surface area contributed by atoms with Crippen LogP contribution in [-0.2, 0) is 16.6 Å². The molecule has 0 fully saturated rings. The predicted molar refractivity (Wildman–Crippen MR) is 84.9 cm³/mol. The number of rotatable bonds is 5. The van der Waals surface area contributed by atoms with E-state index in [9.17, 15) is 12.8 Å². The van der Waals surface area contributed by atoms with Gasteiger partial charge in [0.2, 0.25) is 21.7 Å². The first-order valence-corrected chi connectivity index (χ1v) is 8.58. The van der Waals surface area contributed by atoms with Crippen LogP contribution in [0.1, 0.15) is 11.5 Å². The van der Waals surface area contributed by atoms with Crippen molar-refractivity contribution in [2.75, 3.05) is 0 Å². The lowest BCUT2D eigenvalue weighted by molar-refractivity contribution is 0.375. The fourth-order valence-corrected chi connectivity index (χ4v) is 3.01. The highest BCUT2D eigenvalue weighted by atomic mass is 32.2. The van der Waals surface area contributed by atoms with E-state index in [0.29, 0.717) is 0 Å². The smallest absolute Gasteiger partial charge is 0.242 e. The summed E-state index contributed by atoms with van der Waals surface area (Å²) in [5.41, 5.74) is 1.15. The second-order valence-electron chi connectivity index (χ2n) is 5.13. The minimum Gasteiger partial charge on any atom is -0.338 e. The van der Waals surface area contributed by atoms with E-state index < -0.39 is 15.8 Å². The second-order valence-corrected chi connectivity index (χ2v) is 6.90. The first-order valence-electron chi connectivity index (χ1n) is 7.09. The van der Waals surface area contributed by atoms with Gasteiger partial charge in [0, 0.05) is 0 Å². The van der Waals surface area contributed by atoms with Crippen LogP contribution in [0, 0.1) is 12.7 Å². The highest BCUT2D eigenvalue weighted by Gasteiger charge is 2.17. The molecule has 6 nitrogen and oxygen atoms in total. The second kappa shape index (κ2) is 6.50. The minimum atomic E-state index is -3.69. The maximum absolute atomic E-state index is 13.7. The van der Waals surface area contributed by atoms with Gasteiger partial charge < -0.3 is 4.52 Å². The van der Waals surface area contributed by atoms with Gasteiger partial charge in [-0.3, -0.25) is 0 Å². The SMILES string of the molecule is Cc1ccc(S(=O)(=O)NCc2nc(-c3ccccc3F)no2)cc1. The van der Waals surface area contributed by atoms with E-state index in [0.717, 1.165) is 5.56 Å². The van der Waals surface area contributed by atoms with Gasteiger partial charge in [-0.15, -0.1) is 0 Å². The molecule has 0 atom stereocenters. The average Bonchev–Trinajstić information content (AvgIpc) is 3.03. The normalized spacial score (nSPS) is 11.6. The quantitative estimate of drug-likeness (QED) is 0.767. The monoisotopic (exact) mass is 347 g/mol. The van der Waals surface area contributed by atoms with E-state index in [2.05, 4.69) is 14.9 Å². The van der Waals surface area contributed by atoms with Gasteiger partial charge in [0.15, 0.2) is 0 Å². The first-order chi connectivity index (χ1) is 11.5. The lowest BCUT2D eigenvalue weighted by Gasteiger charge is -2.04. The van der Waals surface area contributed by atoms with Crippen LogP contribution < -0.4 is 4.72 Å². The predicted octanol–water partition coefficient (Wildman–Crippen LogP) is 2.66. The zero-order valence-electron chi connectivity index (χ0n) is 12.7. The van der Waals surface area contributed by atoms with Crippen molar-refractivity contribution in [1.82, 2.24) is 14.9 Å². The summed E-state index contributed by atoms with van der Waals surface area (Å²) in [5, 5.41) is 3.67. The van der Waals surface area contributed by atoms with Crippen molar-refractivity contribution in [3.05, 3.63) is 65.8 Å². The summed E-state index contributed by atoms with van der Waals surface area (Å²) in [4.78, 5) is 4.15. The van der Waals surface area contributed by atoms with Gasteiger partial charge in [0.1, 0.15) is 5.82 Å². The summed E-state index contributed by atoms with van der Waals surface area (Å²) in [6, 6.07) is 12.4. The highest BCUT2D eigenvalue weighted by molar-refractivity contribution is 7.89. The van der Waals surface area contributed by atoms with Crippen molar-refractivity contribution < 1.29 is 17.3 Å². The number of nitrogens with one attached hydrogen (secondary N) is 1. The number of hydrogen-bond donors (Lipinski definition) is 1. The van der Waals surface area contributed by atoms with Crippen molar-refractivity contribution in [2.24, 2.45) is 0 Å². The molecule has 0 saturated carbocycles. The third-order valence-corrected chi connectivity index (χ3v) is 4.74. The van der Waals surface area contributed by atoms with E-state index in [-0.39, 0.29) is 28.7 Å². The fraction of sp³-hybridized carbons (Fsp3) is 0.125. The molecule has 0 bridgehead atoms. The van der Waals surface area contributed by atoms with Crippen LogP contribution in [0.25, 0.3) is 11.4 Å². The van der Waals surface area contributed by atoms with Gasteiger partial charge in [0.25, 0.3) is 0 Å². The Morgan fingerprint density at radius 3 is 2.54 bits per heavy atom. The topological polar surface area (TPSA) is 85.1 Å². The number of hydrogen-bond acceptors (Lipinski definition) is 5. The third-order valence-electron chi connectivity index (χ3n) is 3.33. The van der Waals surface area contributed by atoms with Crippen LogP contribution in [-0.4, -0.2) is 18.6 Å². The Morgan fingerprint density at radius 2 is 1.83 bits per heavy atom. The van der Waals surface area contributed by atoms with Crippen LogP contribution in [0.2, 0.25) is 0 Å².